The fourth-order valence-electron chi connectivity index (χ4n) is 2.48. The van der Waals surface area contributed by atoms with Crippen LogP contribution in [-0.2, 0) is 23.7 Å². The largest absolute Gasteiger partial charge is 0.480 e. The van der Waals surface area contributed by atoms with Crippen LogP contribution in [-0.4, -0.2) is 66.1 Å². The van der Waals surface area contributed by atoms with Crippen LogP contribution in [0.2, 0.25) is 0 Å². The van der Waals surface area contributed by atoms with Crippen molar-refractivity contribution < 1.29 is 34.0 Å². The Bertz CT molecular complexity index is 544. The number of hydrogen-bond acceptors (Lipinski definition) is 8. The first-order chi connectivity index (χ1) is 10.8. The Balaban J connectivity index is 2.24. The van der Waals surface area contributed by atoms with E-state index in [1.54, 1.807) is 13.8 Å². The Morgan fingerprint density at radius 1 is 1.61 bits per heavy atom. The summed E-state index contributed by atoms with van der Waals surface area (Å²) in [5.41, 5.74) is 8.65. The highest BCUT2D eigenvalue weighted by Gasteiger charge is 2.46. The van der Waals surface area contributed by atoms with Gasteiger partial charge in [-0.25, -0.2) is 4.79 Å². The van der Waals surface area contributed by atoms with Gasteiger partial charge in [-0.15, -0.1) is 0 Å². The third-order valence-electron chi connectivity index (χ3n) is 3.59. The van der Waals surface area contributed by atoms with Gasteiger partial charge in [-0.2, -0.15) is 0 Å². The molecular weight excluding hydrogens is 310 g/mol. The van der Waals surface area contributed by atoms with E-state index in [1.807, 2.05) is 0 Å². The quantitative estimate of drug-likeness (QED) is 0.319. The molecular formula is C13H19N3O7. The van der Waals surface area contributed by atoms with Crippen molar-refractivity contribution >= 4 is 5.97 Å². The molecule has 1 saturated heterocycles. The third kappa shape index (κ3) is 3.74. The summed E-state index contributed by atoms with van der Waals surface area (Å²) in [5, 5.41) is 24.0. The average Bonchev–Trinajstić information content (AvgIpc) is 2.87. The van der Waals surface area contributed by atoms with E-state index in [1.165, 1.54) is 0 Å². The van der Waals surface area contributed by atoms with Gasteiger partial charge in [0.25, 0.3) is 0 Å². The van der Waals surface area contributed by atoms with E-state index in [0.29, 0.717) is 0 Å². The fourth-order valence-corrected chi connectivity index (χ4v) is 2.48. The minimum atomic E-state index is -1.32. The molecule has 0 amide bonds. The van der Waals surface area contributed by atoms with Crippen LogP contribution in [0, 0.1) is 0 Å². The van der Waals surface area contributed by atoms with Gasteiger partial charge in [0.15, 0.2) is 5.79 Å². The molecule has 0 spiro atoms. The van der Waals surface area contributed by atoms with Crippen LogP contribution in [0.1, 0.15) is 13.8 Å². The van der Waals surface area contributed by atoms with Gasteiger partial charge in [0.1, 0.15) is 24.4 Å². The summed E-state index contributed by atoms with van der Waals surface area (Å²) < 4.78 is 20.8. The van der Waals surface area contributed by atoms with Crippen LogP contribution in [0.3, 0.4) is 0 Å². The fraction of sp³-hybridized carbons (Fsp3) is 0.769. The first-order valence-electron chi connectivity index (χ1n) is 6.98. The van der Waals surface area contributed by atoms with Crippen molar-refractivity contribution in [3.05, 3.63) is 22.3 Å². The maximum atomic E-state index is 11.6. The maximum Gasteiger partial charge on any atom is 0.373 e. The van der Waals surface area contributed by atoms with Crippen molar-refractivity contribution in [2.75, 3.05) is 13.7 Å². The number of ether oxygens (including phenoxy) is 4. The second-order valence-electron chi connectivity index (χ2n) is 5.65. The zero-order valence-corrected chi connectivity index (χ0v) is 12.9. The number of azide groups is 1. The normalized spacial score (nSPS) is 33.9. The minimum Gasteiger partial charge on any atom is -0.480 e. The predicted octanol–water partition coefficient (Wildman–Crippen LogP) is -0.00570. The van der Waals surface area contributed by atoms with E-state index in [4.69, 9.17) is 19.7 Å². The molecule has 2 aliphatic heterocycles. The molecule has 2 aliphatic rings. The van der Waals surface area contributed by atoms with Gasteiger partial charge in [-0.3, -0.25) is 0 Å². The minimum absolute atomic E-state index is 0.0877. The lowest BCUT2D eigenvalue weighted by molar-refractivity contribution is -0.170. The van der Waals surface area contributed by atoms with Gasteiger partial charge >= 0.3 is 5.97 Å². The summed E-state index contributed by atoms with van der Waals surface area (Å²) >= 11 is 0. The molecule has 2 N–H and O–H groups in total. The lowest BCUT2D eigenvalue weighted by atomic mass is 9.94. The SMILES string of the molecule is COC(=O)C1=C[C@H](O)[C@@H](N=[N+]=[N-])[C@H]([C@H](O)[C@H]2COC(C)(C)O2)O1. The molecule has 1 fully saturated rings. The summed E-state index contributed by atoms with van der Waals surface area (Å²) in [7, 11) is 1.15. The predicted molar refractivity (Wildman–Crippen MR) is 74.8 cm³/mol. The summed E-state index contributed by atoms with van der Waals surface area (Å²) in [6.45, 7) is 3.45. The van der Waals surface area contributed by atoms with Gasteiger partial charge in [0.2, 0.25) is 5.76 Å². The highest BCUT2D eigenvalue weighted by molar-refractivity contribution is 5.86. The number of esters is 1. The number of hydrogen-bond donors (Lipinski definition) is 2. The lowest BCUT2D eigenvalue weighted by Gasteiger charge is -2.36. The summed E-state index contributed by atoms with van der Waals surface area (Å²) in [6.07, 6.45) is -3.50. The third-order valence-corrected chi connectivity index (χ3v) is 3.59. The molecule has 10 nitrogen and oxygen atoms in total. The van der Waals surface area contributed by atoms with Crippen LogP contribution in [0.5, 0.6) is 0 Å². The highest BCUT2D eigenvalue weighted by atomic mass is 16.7. The average molecular weight is 329 g/mol. The molecule has 0 saturated carbocycles. The highest BCUT2D eigenvalue weighted by Crippen LogP contribution is 2.31. The standard InChI is InChI=1S/C13H19N3O7/c1-13(2)21-5-8(23-13)10(18)11-9(15-16-14)6(17)4-7(22-11)12(19)20-3/h4,6,8-11,17-18H,5H2,1-3H3/t6-,8+,9+,10+,11+/m0/s1. The Kier molecular flexibility index (Phi) is 5.12. The van der Waals surface area contributed by atoms with Crippen LogP contribution in [0.4, 0.5) is 0 Å². The lowest BCUT2D eigenvalue weighted by Crippen LogP contribution is -2.52. The number of aliphatic hydroxyl groups excluding tert-OH is 2. The zero-order chi connectivity index (χ0) is 17.2. The van der Waals surface area contributed by atoms with Crippen LogP contribution < -0.4 is 0 Å². The van der Waals surface area contributed by atoms with Gasteiger partial charge in [0, 0.05) is 4.91 Å². The molecule has 128 valence electrons. The van der Waals surface area contributed by atoms with Crippen molar-refractivity contribution in [1.29, 1.82) is 0 Å². The summed E-state index contributed by atoms with van der Waals surface area (Å²) in [5.74, 6) is -1.97. The monoisotopic (exact) mass is 329 g/mol. The molecule has 10 heteroatoms. The molecule has 5 atom stereocenters. The second-order valence-corrected chi connectivity index (χ2v) is 5.65. The van der Waals surface area contributed by atoms with E-state index in [0.717, 1.165) is 13.2 Å². The molecule has 0 aromatic heterocycles. The van der Waals surface area contributed by atoms with Crippen LogP contribution in [0.25, 0.3) is 10.4 Å². The number of nitrogens with zero attached hydrogens (tertiary/aromatic N) is 3. The van der Waals surface area contributed by atoms with Gasteiger partial charge in [-0.05, 0) is 25.5 Å². The topological polar surface area (TPSA) is 143 Å². The summed E-state index contributed by atoms with van der Waals surface area (Å²) in [4.78, 5) is 14.2. The van der Waals surface area contributed by atoms with E-state index in [2.05, 4.69) is 14.8 Å². The van der Waals surface area contributed by atoms with Crippen molar-refractivity contribution in [2.24, 2.45) is 5.11 Å². The Hall–Kier alpha value is -1.84. The van der Waals surface area contributed by atoms with Gasteiger partial charge < -0.3 is 29.2 Å². The van der Waals surface area contributed by atoms with Gasteiger partial charge in [0.05, 0.1) is 19.8 Å². The number of rotatable bonds is 4. The maximum absolute atomic E-state index is 11.6. The summed E-state index contributed by atoms with van der Waals surface area (Å²) in [6, 6.07) is -1.13. The van der Waals surface area contributed by atoms with Crippen molar-refractivity contribution in [1.82, 2.24) is 0 Å². The number of methoxy groups -OCH3 is 1. The van der Waals surface area contributed by atoms with Crippen molar-refractivity contribution in [3.8, 4) is 0 Å². The molecule has 0 bridgehead atoms. The molecule has 2 heterocycles. The van der Waals surface area contributed by atoms with E-state index in [9.17, 15) is 15.0 Å². The first kappa shape index (κ1) is 17.5. The molecule has 23 heavy (non-hydrogen) atoms. The zero-order valence-electron chi connectivity index (χ0n) is 12.9. The van der Waals surface area contributed by atoms with E-state index >= 15 is 0 Å². The van der Waals surface area contributed by atoms with E-state index < -0.39 is 42.2 Å². The molecule has 0 unspecified atom stereocenters. The van der Waals surface area contributed by atoms with Crippen molar-refractivity contribution in [2.45, 2.75) is 50.1 Å². The molecule has 2 rings (SSSR count). The van der Waals surface area contributed by atoms with Crippen molar-refractivity contribution in [3.63, 3.8) is 0 Å². The molecule has 0 radical (unpaired) electrons. The van der Waals surface area contributed by atoms with Crippen LogP contribution in [0.15, 0.2) is 16.9 Å². The van der Waals surface area contributed by atoms with E-state index in [-0.39, 0.29) is 12.4 Å². The van der Waals surface area contributed by atoms with Crippen LogP contribution >= 0.6 is 0 Å². The Labute approximate surface area is 132 Å². The number of carbonyl (C=O) groups is 1. The Morgan fingerprint density at radius 3 is 2.83 bits per heavy atom. The Morgan fingerprint density at radius 2 is 2.30 bits per heavy atom. The molecule has 0 aromatic carbocycles. The van der Waals surface area contributed by atoms with Gasteiger partial charge in [-0.1, -0.05) is 5.11 Å². The second kappa shape index (κ2) is 6.73. The molecule has 0 aliphatic carbocycles. The number of aliphatic hydroxyl groups is 2. The smallest absolute Gasteiger partial charge is 0.373 e. The number of carbonyl (C=O) groups excluding carboxylic acids is 1. The first-order valence-corrected chi connectivity index (χ1v) is 6.98. The molecule has 0 aromatic rings.